The Morgan fingerprint density at radius 3 is 2.38 bits per heavy atom. The second-order valence-electron chi connectivity index (χ2n) is 7.33. The van der Waals surface area contributed by atoms with E-state index in [1.165, 1.54) is 56.1 Å². The van der Waals surface area contributed by atoms with E-state index in [1.54, 1.807) is 0 Å². The van der Waals surface area contributed by atoms with Crippen LogP contribution in [0, 0.1) is 6.92 Å². The minimum Gasteiger partial charge on any atom is -0.290 e. The number of hydrogen-bond donors (Lipinski definition) is 0. The Morgan fingerprint density at radius 1 is 0.958 bits per heavy atom. The predicted octanol–water partition coefficient (Wildman–Crippen LogP) is 3.67. The molecule has 1 aromatic heterocycles. The van der Waals surface area contributed by atoms with Gasteiger partial charge in [-0.05, 0) is 61.7 Å². The zero-order valence-corrected chi connectivity index (χ0v) is 14.6. The van der Waals surface area contributed by atoms with Crippen molar-refractivity contribution in [1.82, 2.24) is 25.1 Å². The summed E-state index contributed by atoms with van der Waals surface area (Å²) >= 11 is 0. The molecular weight excluding hydrogens is 298 g/mol. The van der Waals surface area contributed by atoms with Crippen molar-refractivity contribution in [3.63, 3.8) is 0 Å². The van der Waals surface area contributed by atoms with Crippen molar-refractivity contribution in [3.8, 4) is 0 Å². The van der Waals surface area contributed by atoms with Crippen LogP contribution >= 0.6 is 0 Å². The van der Waals surface area contributed by atoms with E-state index < -0.39 is 0 Å². The van der Waals surface area contributed by atoms with Crippen LogP contribution in [-0.2, 0) is 0 Å². The van der Waals surface area contributed by atoms with Gasteiger partial charge in [0.2, 0.25) is 0 Å². The monoisotopic (exact) mass is 325 g/mol. The number of benzene rings is 1. The summed E-state index contributed by atoms with van der Waals surface area (Å²) in [6, 6.07) is 9.56. The lowest BCUT2D eigenvalue weighted by Crippen LogP contribution is -2.30. The molecule has 0 N–H and O–H groups in total. The lowest BCUT2D eigenvalue weighted by molar-refractivity contribution is 0.244. The maximum atomic E-state index is 4.50. The first-order valence-electron chi connectivity index (χ1n) is 9.41. The molecule has 1 saturated heterocycles. The van der Waals surface area contributed by atoms with Gasteiger partial charge in [0.25, 0.3) is 0 Å². The van der Waals surface area contributed by atoms with Gasteiger partial charge in [0, 0.05) is 0 Å². The summed E-state index contributed by atoms with van der Waals surface area (Å²) in [4.78, 5) is 2.55. The van der Waals surface area contributed by atoms with E-state index >= 15 is 0 Å². The molecule has 2 aliphatic rings. The van der Waals surface area contributed by atoms with Gasteiger partial charge >= 0.3 is 0 Å². The number of hydrogen-bond acceptors (Lipinski definition) is 4. The molecule has 5 nitrogen and oxygen atoms in total. The minimum absolute atomic E-state index is 0.185. The molecule has 0 bridgehead atoms. The Bertz CT molecular complexity index is 651. The van der Waals surface area contributed by atoms with Gasteiger partial charge in [0.1, 0.15) is 0 Å². The van der Waals surface area contributed by atoms with Crippen LogP contribution in [0.25, 0.3) is 0 Å². The standard InChI is InChI=1S/C19H27N5/c1-15-9-11-16(12-10-15)18(23-13-5-6-14-23)19-20-21-22-24(19)17-7-3-2-4-8-17/h9-12,17-18H,2-8,13-14H2,1H3/t18-/m0/s1. The van der Waals surface area contributed by atoms with Crippen molar-refractivity contribution in [2.75, 3.05) is 13.1 Å². The lowest BCUT2D eigenvalue weighted by atomic mass is 9.95. The van der Waals surface area contributed by atoms with E-state index in [4.69, 9.17) is 0 Å². The summed E-state index contributed by atoms with van der Waals surface area (Å²) in [5, 5.41) is 13.0. The first kappa shape index (κ1) is 15.8. The minimum atomic E-state index is 0.185. The van der Waals surface area contributed by atoms with Gasteiger partial charge < -0.3 is 0 Å². The second-order valence-corrected chi connectivity index (χ2v) is 7.33. The number of tetrazole rings is 1. The molecule has 1 aliphatic heterocycles. The van der Waals surface area contributed by atoms with Gasteiger partial charge in [0.15, 0.2) is 5.82 Å². The van der Waals surface area contributed by atoms with Gasteiger partial charge in [-0.2, -0.15) is 0 Å². The van der Waals surface area contributed by atoms with Crippen LogP contribution in [0.2, 0.25) is 0 Å². The lowest BCUT2D eigenvalue weighted by Gasteiger charge is -2.30. The molecule has 2 aromatic rings. The van der Waals surface area contributed by atoms with Crippen LogP contribution in [0.3, 0.4) is 0 Å². The number of likely N-dealkylation sites (tertiary alicyclic amines) is 1. The molecule has 1 saturated carbocycles. The number of aromatic nitrogens is 4. The molecule has 1 atom stereocenters. The van der Waals surface area contributed by atoms with E-state index in [0.717, 1.165) is 18.9 Å². The smallest absolute Gasteiger partial charge is 0.173 e. The molecule has 0 amide bonds. The largest absolute Gasteiger partial charge is 0.290 e. The number of aryl methyl sites for hydroxylation is 1. The molecule has 1 aromatic carbocycles. The third-order valence-corrected chi connectivity index (χ3v) is 5.58. The molecule has 2 fully saturated rings. The van der Waals surface area contributed by atoms with Crippen molar-refractivity contribution < 1.29 is 0 Å². The highest BCUT2D eigenvalue weighted by atomic mass is 15.6. The third-order valence-electron chi connectivity index (χ3n) is 5.58. The Hall–Kier alpha value is -1.75. The van der Waals surface area contributed by atoms with E-state index in [1.807, 2.05) is 0 Å². The van der Waals surface area contributed by atoms with Crippen LogP contribution < -0.4 is 0 Å². The summed E-state index contributed by atoms with van der Waals surface area (Å²) in [5.74, 6) is 1.03. The zero-order chi connectivity index (χ0) is 16.4. The van der Waals surface area contributed by atoms with E-state index in [9.17, 15) is 0 Å². The maximum absolute atomic E-state index is 4.50. The van der Waals surface area contributed by atoms with Gasteiger partial charge in [-0.25, -0.2) is 4.68 Å². The molecule has 4 rings (SSSR count). The molecule has 2 heterocycles. The Labute approximate surface area is 144 Å². The first-order chi connectivity index (χ1) is 11.8. The molecule has 24 heavy (non-hydrogen) atoms. The fraction of sp³-hybridized carbons (Fsp3) is 0.632. The summed E-state index contributed by atoms with van der Waals surface area (Å²) in [6.45, 7) is 4.41. The van der Waals surface area contributed by atoms with E-state index in [-0.39, 0.29) is 6.04 Å². The highest BCUT2D eigenvalue weighted by molar-refractivity contribution is 5.28. The molecule has 0 radical (unpaired) electrons. The Balaban J connectivity index is 1.71. The van der Waals surface area contributed by atoms with Crippen molar-refractivity contribution in [3.05, 3.63) is 41.2 Å². The van der Waals surface area contributed by atoms with Crippen LogP contribution in [0.15, 0.2) is 24.3 Å². The Kier molecular flexibility index (Phi) is 4.60. The third kappa shape index (κ3) is 3.09. The highest BCUT2D eigenvalue weighted by Gasteiger charge is 2.31. The quantitative estimate of drug-likeness (QED) is 0.860. The normalized spacial score (nSPS) is 21.2. The van der Waals surface area contributed by atoms with Crippen molar-refractivity contribution in [1.29, 1.82) is 0 Å². The molecule has 0 spiro atoms. The summed E-state index contributed by atoms with van der Waals surface area (Å²) in [5.41, 5.74) is 2.61. The fourth-order valence-corrected chi connectivity index (χ4v) is 4.24. The Morgan fingerprint density at radius 2 is 1.67 bits per heavy atom. The average Bonchev–Trinajstić information content (AvgIpc) is 3.30. The molecule has 0 unspecified atom stereocenters. The molecular formula is C19H27N5. The maximum Gasteiger partial charge on any atom is 0.173 e. The molecule has 1 aliphatic carbocycles. The van der Waals surface area contributed by atoms with Crippen LogP contribution in [-0.4, -0.2) is 38.2 Å². The highest BCUT2D eigenvalue weighted by Crippen LogP contribution is 2.34. The van der Waals surface area contributed by atoms with Crippen molar-refractivity contribution >= 4 is 0 Å². The van der Waals surface area contributed by atoms with Crippen molar-refractivity contribution in [2.45, 2.75) is 64.0 Å². The van der Waals surface area contributed by atoms with Gasteiger partial charge in [-0.3, -0.25) is 4.90 Å². The molecule has 128 valence electrons. The number of nitrogens with zero attached hydrogens (tertiary/aromatic N) is 5. The predicted molar refractivity (Wildman–Crippen MR) is 93.8 cm³/mol. The number of rotatable bonds is 4. The topological polar surface area (TPSA) is 46.8 Å². The molecule has 5 heteroatoms. The first-order valence-corrected chi connectivity index (χ1v) is 9.41. The SMILES string of the molecule is Cc1ccc([C@@H](c2nnnn2C2CCCCC2)N2CCCC2)cc1. The zero-order valence-electron chi connectivity index (χ0n) is 14.6. The van der Waals surface area contributed by atoms with Gasteiger partial charge in [-0.15, -0.1) is 5.10 Å². The van der Waals surface area contributed by atoms with Gasteiger partial charge in [0.05, 0.1) is 12.1 Å². The van der Waals surface area contributed by atoms with Crippen molar-refractivity contribution in [2.24, 2.45) is 0 Å². The summed E-state index contributed by atoms with van der Waals surface area (Å²) in [7, 11) is 0. The average molecular weight is 325 g/mol. The van der Waals surface area contributed by atoms with E-state index in [2.05, 4.69) is 56.3 Å². The van der Waals surface area contributed by atoms with Crippen LogP contribution in [0.1, 0.15) is 74.0 Å². The fourth-order valence-electron chi connectivity index (χ4n) is 4.24. The second kappa shape index (κ2) is 7.01. The van der Waals surface area contributed by atoms with Crippen LogP contribution in [0.4, 0.5) is 0 Å². The van der Waals surface area contributed by atoms with Gasteiger partial charge in [-0.1, -0.05) is 49.1 Å². The van der Waals surface area contributed by atoms with E-state index in [0.29, 0.717) is 6.04 Å². The summed E-state index contributed by atoms with van der Waals surface area (Å²) < 4.78 is 2.14. The van der Waals surface area contributed by atoms with Crippen LogP contribution in [0.5, 0.6) is 0 Å². The summed E-state index contributed by atoms with van der Waals surface area (Å²) in [6.07, 6.45) is 8.89.